The summed E-state index contributed by atoms with van der Waals surface area (Å²) in [5.41, 5.74) is 7.30. The van der Waals surface area contributed by atoms with Crippen LogP contribution >= 0.6 is 0 Å². The molecular formula is C12H22N4O. The van der Waals surface area contributed by atoms with Crippen molar-refractivity contribution >= 4 is 5.91 Å². The van der Waals surface area contributed by atoms with E-state index in [2.05, 4.69) is 24.0 Å². The van der Waals surface area contributed by atoms with Gasteiger partial charge in [0, 0.05) is 25.3 Å². The van der Waals surface area contributed by atoms with E-state index >= 15 is 0 Å². The highest BCUT2D eigenvalue weighted by atomic mass is 16.2. The molecule has 0 aliphatic heterocycles. The first kappa shape index (κ1) is 13.7. The molecule has 0 aromatic carbocycles. The molecule has 1 aromatic rings. The third kappa shape index (κ3) is 3.85. The summed E-state index contributed by atoms with van der Waals surface area (Å²) >= 11 is 0. The molecule has 0 aliphatic carbocycles. The lowest BCUT2D eigenvalue weighted by Crippen LogP contribution is -2.34. The van der Waals surface area contributed by atoms with Gasteiger partial charge in [-0.15, -0.1) is 0 Å². The Labute approximate surface area is 102 Å². The van der Waals surface area contributed by atoms with E-state index in [0.29, 0.717) is 18.2 Å². The number of nitrogens with two attached hydrogens (primary N) is 1. The normalized spacial score (nSPS) is 12.8. The maximum Gasteiger partial charge on any atom is 0.274 e. The summed E-state index contributed by atoms with van der Waals surface area (Å²) in [7, 11) is 1.78. The highest BCUT2D eigenvalue weighted by Gasteiger charge is 2.16. The van der Waals surface area contributed by atoms with Crippen molar-refractivity contribution in [2.24, 2.45) is 11.7 Å². The van der Waals surface area contributed by atoms with Crippen LogP contribution in [-0.2, 0) is 0 Å². The number of rotatable bonds is 5. The van der Waals surface area contributed by atoms with Crippen LogP contribution in [0.2, 0.25) is 0 Å². The number of aryl methyl sites for hydroxylation is 1. The van der Waals surface area contributed by atoms with Crippen molar-refractivity contribution in [1.29, 1.82) is 0 Å². The molecule has 0 saturated carbocycles. The van der Waals surface area contributed by atoms with Crippen LogP contribution in [0.5, 0.6) is 0 Å². The van der Waals surface area contributed by atoms with E-state index in [4.69, 9.17) is 5.73 Å². The highest BCUT2D eigenvalue weighted by molar-refractivity contribution is 5.92. The topological polar surface area (TPSA) is 75.0 Å². The standard InChI is InChI=1S/C12H22N4O/c1-8(2)10(13)5-6-16(4)12(17)11-7-9(3)14-15-11/h7-8,10H,5-6,13H2,1-4H3,(H,14,15). The predicted molar refractivity (Wildman–Crippen MR) is 67.7 cm³/mol. The third-order valence-electron chi connectivity index (χ3n) is 2.93. The molecule has 5 nitrogen and oxygen atoms in total. The molecule has 96 valence electrons. The largest absolute Gasteiger partial charge is 0.340 e. The van der Waals surface area contributed by atoms with Crippen molar-refractivity contribution in [2.75, 3.05) is 13.6 Å². The molecule has 1 heterocycles. The number of carbonyl (C=O) groups excluding carboxylic acids is 1. The molecule has 0 fully saturated rings. The number of aromatic nitrogens is 2. The van der Waals surface area contributed by atoms with Crippen LogP contribution < -0.4 is 5.73 Å². The molecule has 5 heteroatoms. The molecule has 0 spiro atoms. The van der Waals surface area contributed by atoms with Crippen molar-refractivity contribution in [3.63, 3.8) is 0 Å². The quantitative estimate of drug-likeness (QED) is 0.808. The van der Waals surface area contributed by atoms with Gasteiger partial charge in [0.25, 0.3) is 5.91 Å². The number of nitrogens with one attached hydrogen (secondary N) is 1. The lowest BCUT2D eigenvalue weighted by molar-refractivity contribution is 0.0783. The average molecular weight is 238 g/mol. The summed E-state index contributed by atoms with van der Waals surface area (Å²) in [6.45, 7) is 6.70. The van der Waals surface area contributed by atoms with Gasteiger partial charge < -0.3 is 10.6 Å². The van der Waals surface area contributed by atoms with E-state index in [0.717, 1.165) is 12.1 Å². The van der Waals surface area contributed by atoms with E-state index in [9.17, 15) is 4.79 Å². The zero-order valence-corrected chi connectivity index (χ0v) is 11.0. The van der Waals surface area contributed by atoms with Gasteiger partial charge in [-0.05, 0) is 25.3 Å². The first-order chi connectivity index (χ1) is 7.91. The van der Waals surface area contributed by atoms with Gasteiger partial charge in [0.2, 0.25) is 0 Å². The molecule has 1 atom stereocenters. The molecular weight excluding hydrogens is 216 g/mol. The third-order valence-corrected chi connectivity index (χ3v) is 2.93. The molecule has 3 N–H and O–H groups in total. The molecule has 1 rings (SSSR count). The second-order valence-electron chi connectivity index (χ2n) is 4.86. The monoisotopic (exact) mass is 238 g/mol. The Kier molecular flexibility index (Phi) is 4.69. The average Bonchev–Trinajstić information content (AvgIpc) is 2.70. The Morgan fingerprint density at radius 3 is 2.71 bits per heavy atom. The lowest BCUT2D eigenvalue weighted by Gasteiger charge is -2.20. The van der Waals surface area contributed by atoms with Crippen LogP contribution in [-0.4, -0.2) is 40.6 Å². The molecule has 0 aliphatic rings. The summed E-state index contributed by atoms with van der Waals surface area (Å²) in [5, 5.41) is 6.72. The van der Waals surface area contributed by atoms with Crippen molar-refractivity contribution in [3.8, 4) is 0 Å². The van der Waals surface area contributed by atoms with Gasteiger partial charge in [-0.25, -0.2) is 0 Å². The maximum absolute atomic E-state index is 11.9. The van der Waals surface area contributed by atoms with Gasteiger partial charge in [0.15, 0.2) is 0 Å². The van der Waals surface area contributed by atoms with Gasteiger partial charge in [-0.3, -0.25) is 9.89 Å². The Morgan fingerprint density at radius 2 is 2.24 bits per heavy atom. The van der Waals surface area contributed by atoms with Crippen LogP contribution in [0.4, 0.5) is 0 Å². The number of nitrogens with zero attached hydrogens (tertiary/aromatic N) is 2. The minimum Gasteiger partial charge on any atom is -0.340 e. The van der Waals surface area contributed by atoms with Gasteiger partial charge in [-0.2, -0.15) is 5.10 Å². The summed E-state index contributed by atoms with van der Waals surface area (Å²) in [5.74, 6) is 0.372. The maximum atomic E-state index is 11.9. The van der Waals surface area contributed by atoms with Crippen molar-refractivity contribution in [2.45, 2.75) is 33.2 Å². The molecule has 0 bridgehead atoms. The smallest absolute Gasteiger partial charge is 0.274 e. The van der Waals surface area contributed by atoms with Gasteiger partial charge >= 0.3 is 0 Å². The van der Waals surface area contributed by atoms with Crippen LogP contribution in [0, 0.1) is 12.8 Å². The van der Waals surface area contributed by atoms with E-state index in [-0.39, 0.29) is 11.9 Å². The fraction of sp³-hybridized carbons (Fsp3) is 0.667. The second kappa shape index (κ2) is 5.82. The number of carbonyl (C=O) groups is 1. The predicted octanol–water partition coefficient (Wildman–Crippen LogP) is 1.16. The number of aromatic amines is 1. The van der Waals surface area contributed by atoms with Gasteiger partial charge in [0.1, 0.15) is 5.69 Å². The number of hydrogen-bond acceptors (Lipinski definition) is 3. The summed E-state index contributed by atoms with van der Waals surface area (Å²) in [4.78, 5) is 13.6. The van der Waals surface area contributed by atoms with E-state index in [1.54, 1.807) is 18.0 Å². The van der Waals surface area contributed by atoms with E-state index in [1.807, 2.05) is 6.92 Å². The SMILES string of the molecule is Cc1cc(C(=O)N(C)CCC(N)C(C)C)n[nH]1. The zero-order valence-electron chi connectivity index (χ0n) is 11.0. The Bertz CT molecular complexity index is 372. The summed E-state index contributed by atoms with van der Waals surface area (Å²) < 4.78 is 0. The van der Waals surface area contributed by atoms with Crippen molar-refractivity contribution in [3.05, 3.63) is 17.5 Å². The fourth-order valence-electron chi connectivity index (χ4n) is 1.50. The summed E-state index contributed by atoms with van der Waals surface area (Å²) in [6.07, 6.45) is 0.809. The second-order valence-corrected chi connectivity index (χ2v) is 4.86. The van der Waals surface area contributed by atoms with Crippen molar-refractivity contribution < 1.29 is 4.79 Å². The van der Waals surface area contributed by atoms with Gasteiger partial charge in [-0.1, -0.05) is 13.8 Å². The summed E-state index contributed by atoms with van der Waals surface area (Å²) in [6, 6.07) is 1.88. The molecule has 0 radical (unpaired) electrons. The van der Waals surface area contributed by atoms with E-state index < -0.39 is 0 Å². The van der Waals surface area contributed by atoms with Crippen LogP contribution in [0.15, 0.2) is 6.07 Å². The molecule has 1 aromatic heterocycles. The molecule has 0 saturated heterocycles. The van der Waals surface area contributed by atoms with Crippen LogP contribution in [0.1, 0.15) is 36.5 Å². The van der Waals surface area contributed by atoms with Gasteiger partial charge in [0.05, 0.1) is 0 Å². The van der Waals surface area contributed by atoms with E-state index in [1.165, 1.54) is 0 Å². The Morgan fingerprint density at radius 1 is 1.59 bits per heavy atom. The lowest BCUT2D eigenvalue weighted by atomic mass is 10.0. The number of H-pyrrole nitrogens is 1. The number of hydrogen-bond donors (Lipinski definition) is 2. The minimum atomic E-state index is -0.0645. The van der Waals surface area contributed by atoms with Crippen molar-refractivity contribution in [1.82, 2.24) is 15.1 Å². The molecule has 1 amide bonds. The minimum absolute atomic E-state index is 0.0645. The number of amides is 1. The van der Waals surface area contributed by atoms with Crippen LogP contribution in [0.25, 0.3) is 0 Å². The molecule has 17 heavy (non-hydrogen) atoms. The fourth-order valence-corrected chi connectivity index (χ4v) is 1.50. The Hall–Kier alpha value is -1.36. The first-order valence-corrected chi connectivity index (χ1v) is 5.95. The zero-order chi connectivity index (χ0) is 13.0. The Balaban J connectivity index is 2.48. The first-order valence-electron chi connectivity index (χ1n) is 5.95. The van der Waals surface area contributed by atoms with Crippen LogP contribution in [0.3, 0.4) is 0 Å². The highest BCUT2D eigenvalue weighted by Crippen LogP contribution is 2.06. The molecule has 1 unspecified atom stereocenters.